The molecule has 2 N–H and O–H groups in total. The van der Waals surface area contributed by atoms with Gasteiger partial charge in [-0.05, 0) is 42.3 Å². The fourth-order valence-electron chi connectivity index (χ4n) is 2.50. The molecule has 0 aliphatic rings. The number of aromatic nitrogens is 2. The number of halogens is 3. The first-order chi connectivity index (χ1) is 13.5. The van der Waals surface area contributed by atoms with Crippen molar-refractivity contribution in [3.05, 3.63) is 72.3 Å². The normalized spacial score (nSPS) is 10.7. The van der Waals surface area contributed by atoms with Crippen molar-refractivity contribution >= 4 is 11.7 Å². The van der Waals surface area contributed by atoms with Gasteiger partial charge in [0.25, 0.3) is 0 Å². The van der Waals surface area contributed by atoms with Crippen LogP contribution in [0, 0.1) is 5.82 Å². The molecule has 146 valence electrons. The molecular formula is C19H17F3N4O2. The third-order valence-electron chi connectivity index (χ3n) is 3.81. The number of nitrogens with one attached hydrogen (secondary N) is 2. The van der Waals surface area contributed by atoms with Gasteiger partial charge >= 0.3 is 12.6 Å². The Hall–Kier alpha value is -3.49. The number of alkyl halides is 2. The van der Waals surface area contributed by atoms with Crippen LogP contribution in [0.2, 0.25) is 0 Å². The minimum atomic E-state index is -3.12. The number of carbonyl (C=O) groups excluding carboxylic acids is 1. The molecule has 0 atom stereocenters. The standard InChI is InChI=1S/C19H17F3N4O2/c20-16-12-14(4-7-17(16)28-18(21)22)25-19(27)23-10-8-13-2-5-15(6-3-13)26-11-1-9-24-26/h1-7,9,11-12,18H,8,10H2,(H2,23,25,27). The summed E-state index contributed by atoms with van der Waals surface area (Å²) in [4.78, 5) is 11.9. The molecule has 0 saturated heterocycles. The molecule has 9 heteroatoms. The first-order valence-corrected chi connectivity index (χ1v) is 8.39. The Labute approximate surface area is 158 Å². The molecule has 3 aromatic rings. The summed E-state index contributed by atoms with van der Waals surface area (Å²) >= 11 is 0. The Morgan fingerprint density at radius 1 is 1.18 bits per heavy atom. The van der Waals surface area contributed by atoms with Crippen molar-refractivity contribution in [1.29, 1.82) is 0 Å². The first kappa shape index (κ1) is 19.3. The third-order valence-corrected chi connectivity index (χ3v) is 3.81. The van der Waals surface area contributed by atoms with E-state index in [9.17, 15) is 18.0 Å². The van der Waals surface area contributed by atoms with Crippen LogP contribution in [0.15, 0.2) is 60.9 Å². The molecule has 0 bridgehead atoms. The number of ether oxygens (including phenoxy) is 1. The van der Waals surface area contributed by atoms with Gasteiger partial charge in [-0.3, -0.25) is 0 Å². The van der Waals surface area contributed by atoms with Gasteiger partial charge in [-0.2, -0.15) is 13.9 Å². The van der Waals surface area contributed by atoms with E-state index in [0.717, 1.165) is 23.4 Å². The lowest BCUT2D eigenvalue weighted by atomic mass is 10.1. The molecule has 0 aliphatic carbocycles. The summed E-state index contributed by atoms with van der Waals surface area (Å²) in [5.41, 5.74) is 2.08. The van der Waals surface area contributed by atoms with Crippen LogP contribution in [0.1, 0.15) is 5.56 Å². The molecule has 0 fully saturated rings. The highest BCUT2D eigenvalue weighted by Crippen LogP contribution is 2.22. The molecule has 1 aromatic heterocycles. The van der Waals surface area contributed by atoms with Gasteiger partial charge in [0.15, 0.2) is 11.6 Å². The smallest absolute Gasteiger partial charge is 0.387 e. The second kappa shape index (κ2) is 8.94. The average Bonchev–Trinajstić information content (AvgIpc) is 3.19. The number of nitrogens with zero attached hydrogens (tertiary/aromatic N) is 2. The van der Waals surface area contributed by atoms with Crippen LogP contribution in [-0.2, 0) is 6.42 Å². The molecule has 0 spiro atoms. The highest BCUT2D eigenvalue weighted by atomic mass is 19.3. The van der Waals surface area contributed by atoms with Gasteiger partial charge in [-0.1, -0.05) is 12.1 Å². The third kappa shape index (κ3) is 5.26. The summed E-state index contributed by atoms with van der Waals surface area (Å²) in [6.07, 6.45) is 4.14. The number of anilines is 1. The zero-order chi connectivity index (χ0) is 19.9. The Morgan fingerprint density at radius 3 is 2.61 bits per heavy atom. The average molecular weight is 390 g/mol. The minimum absolute atomic E-state index is 0.125. The van der Waals surface area contributed by atoms with Gasteiger partial charge in [-0.15, -0.1) is 0 Å². The van der Waals surface area contributed by atoms with E-state index >= 15 is 0 Å². The molecule has 2 amide bonds. The number of rotatable bonds is 7. The van der Waals surface area contributed by atoms with Crippen LogP contribution in [0.4, 0.5) is 23.7 Å². The number of hydrogen-bond acceptors (Lipinski definition) is 3. The van der Waals surface area contributed by atoms with E-state index in [1.54, 1.807) is 10.9 Å². The number of benzene rings is 2. The summed E-state index contributed by atoms with van der Waals surface area (Å²) in [5, 5.41) is 9.23. The monoisotopic (exact) mass is 390 g/mol. The highest BCUT2D eigenvalue weighted by Gasteiger charge is 2.11. The van der Waals surface area contributed by atoms with Gasteiger partial charge in [0, 0.05) is 30.7 Å². The predicted molar refractivity (Wildman–Crippen MR) is 97.3 cm³/mol. The number of hydrogen-bond donors (Lipinski definition) is 2. The molecule has 0 saturated carbocycles. The van der Waals surface area contributed by atoms with Crippen LogP contribution < -0.4 is 15.4 Å². The fourth-order valence-corrected chi connectivity index (χ4v) is 2.50. The summed E-state index contributed by atoms with van der Waals surface area (Å²) in [5.74, 6) is -1.57. The molecule has 1 heterocycles. The van der Waals surface area contributed by atoms with E-state index in [4.69, 9.17) is 0 Å². The van der Waals surface area contributed by atoms with E-state index in [0.29, 0.717) is 13.0 Å². The maximum Gasteiger partial charge on any atom is 0.387 e. The van der Waals surface area contributed by atoms with Crippen molar-refractivity contribution in [2.24, 2.45) is 0 Å². The molecule has 3 rings (SSSR count). The van der Waals surface area contributed by atoms with Crippen molar-refractivity contribution in [3.8, 4) is 11.4 Å². The van der Waals surface area contributed by atoms with Gasteiger partial charge in [0.05, 0.1) is 5.69 Å². The lowest BCUT2D eigenvalue weighted by Crippen LogP contribution is -2.30. The second-order valence-corrected chi connectivity index (χ2v) is 5.77. The zero-order valence-electron chi connectivity index (χ0n) is 14.6. The van der Waals surface area contributed by atoms with E-state index in [2.05, 4.69) is 20.5 Å². The quantitative estimate of drug-likeness (QED) is 0.641. The SMILES string of the molecule is O=C(NCCc1ccc(-n2cccn2)cc1)Nc1ccc(OC(F)F)c(F)c1. The van der Waals surface area contributed by atoms with Crippen molar-refractivity contribution in [2.45, 2.75) is 13.0 Å². The Bertz CT molecular complexity index is 915. The molecule has 2 aromatic carbocycles. The van der Waals surface area contributed by atoms with E-state index in [1.165, 1.54) is 6.07 Å². The largest absolute Gasteiger partial charge is 0.432 e. The summed E-state index contributed by atoms with van der Waals surface area (Å²) in [6, 6.07) is 12.2. The van der Waals surface area contributed by atoms with E-state index < -0.39 is 24.2 Å². The highest BCUT2D eigenvalue weighted by molar-refractivity contribution is 5.89. The van der Waals surface area contributed by atoms with Crippen LogP contribution in [0.25, 0.3) is 5.69 Å². The van der Waals surface area contributed by atoms with Crippen LogP contribution in [0.5, 0.6) is 5.75 Å². The van der Waals surface area contributed by atoms with Crippen LogP contribution in [0.3, 0.4) is 0 Å². The molecule has 28 heavy (non-hydrogen) atoms. The van der Waals surface area contributed by atoms with Crippen LogP contribution in [-0.4, -0.2) is 29.0 Å². The summed E-state index contributed by atoms with van der Waals surface area (Å²) < 4.78 is 43.6. The summed E-state index contributed by atoms with van der Waals surface area (Å²) in [7, 11) is 0. The Kier molecular flexibility index (Phi) is 6.15. The molecule has 0 aliphatic heterocycles. The second-order valence-electron chi connectivity index (χ2n) is 5.77. The first-order valence-electron chi connectivity index (χ1n) is 8.39. The van der Waals surface area contributed by atoms with E-state index in [-0.39, 0.29) is 5.69 Å². The van der Waals surface area contributed by atoms with Crippen molar-refractivity contribution in [3.63, 3.8) is 0 Å². The summed E-state index contributed by atoms with van der Waals surface area (Å²) in [6.45, 7) is -2.76. The molecule has 6 nitrogen and oxygen atoms in total. The Morgan fingerprint density at radius 2 is 1.96 bits per heavy atom. The molecule has 0 unspecified atom stereocenters. The van der Waals surface area contributed by atoms with Crippen molar-refractivity contribution < 1.29 is 22.7 Å². The van der Waals surface area contributed by atoms with Gasteiger partial charge < -0.3 is 15.4 Å². The predicted octanol–water partition coefficient (Wildman–Crippen LogP) is 3.98. The van der Waals surface area contributed by atoms with Gasteiger partial charge in [-0.25, -0.2) is 13.9 Å². The maximum atomic E-state index is 13.6. The van der Waals surface area contributed by atoms with Gasteiger partial charge in [0.1, 0.15) is 0 Å². The zero-order valence-corrected chi connectivity index (χ0v) is 14.6. The van der Waals surface area contributed by atoms with Crippen molar-refractivity contribution in [2.75, 3.05) is 11.9 Å². The lowest BCUT2D eigenvalue weighted by molar-refractivity contribution is -0.0521. The Balaban J connectivity index is 1.46. The molecule has 0 radical (unpaired) electrons. The topological polar surface area (TPSA) is 68.2 Å². The lowest BCUT2D eigenvalue weighted by Gasteiger charge is -2.10. The van der Waals surface area contributed by atoms with Crippen LogP contribution >= 0.6 is 0 Å². The number of urea groups is 1. The number of amides is 2. The van der Waals surface area contributed by atoms with E-state index in [1.807, 2.05) is 36.5 Å². The number of carbonyl (C=O) groups is 1. The molecular weight excluding hydrogens is 373 g/mol. The minimum Gasteiger partial charge on any atom is -0.432 e. The van der Waals surface area contributed by atoms with Crippen molar-refractivity contribution in [1.82, 2.24) is 15.1 Å². The fraction of sp³-hybridized carbons (Fsp3) is 0.158. The maximum absolute atomic E-state index is 13.6. The van der Waals surface area contributed by atoms with Gasteiger partial charge in [0.2, 0.25) is 0 Å².